The molecule has 0 aliphatic carbocycles. The van der Waals surface area contributed by atoms with Crippen LogP contribution in [0.1, 0.15) is 5.56 Å². The highest BCUT2D eigenvalue weighted by Gasteiger charge is 2.15. The SMILES string of the molecule is COc1ccccc1CNC(=O)Cn1c(-c2ccccc2)noc1=O. The number of aromatic nitrogens is 2. The summed E-state index contributed by atoms with van der Waals surface area (Å²) < 4.78 is 11.2. The number of nitrogens with zero attached hydrogens (tertiary/aromatic N) is 2. The number of carbonyl (C=O) groups is 1. The van der Waals surface area contributed by atoms with E-state index < -0.39 is 5.76 Å². The van der Waals surface area contributed by atoms with Gasteiger partial charge in [0, 0.05) is 17.7 Å². The molecule has 128 valence electrons. The lowest BCUT2D eigenvalue weighted by molar-refractivity contribution is -0.121. The van der Waals surface area contributed by atoms with Crippen molar-refractivity contribution in [3.8, 4) is 17.1 Å². The van der Waals surface area contributed by atoms with Crippen LogP contribution in [0.2, 0.25) is 0 Å². The van der Waals surface area contributed by atoms with Gasteiger partial charge in [0.15, 0.2) is 5.82 Å². The van der Waals surface area contributed by atoms with Crippen LogP contribution in [0, 0.1) is 0 Å². The lowest BCUT2D eigenvalue weighted by Crippen LogP contribution is -2.31. The summed E-state index contributed by atoms with van der Waals surface area (Å²) in [7, 11) is 1.57. The van der Waals surface area contributed by atoms with Gasteiger partial charge < -0.3 is 10.1 Å². The molecule has 3 rings (SSSR count). The first-order valence-electron chi connectivity index (χ1n) is 7.69. The van der Waals surface area contributed by atoms with Crippen LogP contribution in [-0.4, -0.2) is 22.7 Å². The van der Waals surface area contributed by atoms with Gasteiger partial charge in [0.2, 0.25) is 5.91 Å². The summed E-state index contributed by atoms with van der Waals surface area (Å²) in [5.41, 5.74) is 1.55. The Morgan fingerprint density at radius 2 is 1.88 bits per heavy atom. The molecular formula is C18H17N3O4. The molecule has 1 amide bonds. The van der Waals surface area contributed by atoms with Crippen LogP contribution in [0.3, 0.4) is 0 Å². The maximum Gasteiger partial charge on any atom is 0.442 e. The molecule has 2 aromatic carbocycles. The molecule has 1 N–H and O–H groups in total. The van der Waals surface area contributed by atoms with E-state index in [1.807, 2.05) is 42.5 Å². The van der Waals surface area contributed by atoms with E-state index in [2.05, 4.69) is 10.5 Å². The fourth-order valence-corrected chi connectivity index (χ4v) is 2.44. The third-order valence-corrected chi connectivity index (χ3v) is 3.69. The number of benzene rings is 2. The first-order chi connectivity index (χ1) is 12.2. The molecule has 1 aromatic heterocycles. The fraction of sp³-hybridized carbons (Fsp3) is 0.167. The normalized spacial score (nSPS) is 10.4. The van der Waals surface area contributed by atoms with Crippen molar-refractivity contribution in [2.45, 2.75) is 13.1 Å². The maximum atomic E-state index is 12.2. The minimum atomic E-state index is -0.675. The molecular weight excluding hydrogens is 322 g/mol. The molecule has 0 atom stereocenters. The Labute approximate surface area is 143 Å². The second-order valence-electron chi connectivity index (χ2n) is 5.31. The van der Waals surface area contributed by atoms with Crippen LogP contribution < -0.4 is 15.8 Å². The van der Waals surface area contributed by atoms with Crippen molar-refractivity contribution in [3.63, 3.8) is 0 Å². The van der Waals surface area contributed by atoms with Crippen molar-refractivity contribution in [2.75, 3.05) is 7.11 Å². The Morgan fingerprint density at radius 1 is 1.16 bits per heavy atom. The molecule has 1 heterocycles. The van der Waals surface area contributed by atoms with Crippen molar-refractivity contribution in [1.82, 2.24) is 15.0 Å². The number of hydrogen-bond acceptors (Lipinski definition) is 5. The van der Waals surface area contributed by atoms with Crippen molar-refractivity contribution in [3.05, 3.63) is 70.7 Å². The minimum Gasteiger partial charge on any atom is -0.496 e. The van der Waals surface area contributed by atoms with E-state index in [9.17, 15) is 9.59 Å². The predicted molar refractivity (Wildman–Crippen MR) is 91.0 cm³/mol. The highest BCUT2D eigenvalue weighted by atomic mass is 16.5. The lowest BCUT2D eigenvalue weighted by atomic mass is 10.2. The van der Waals surface area contributed by atoms with Gasteiger partial charge in [-0.3, -0.25) is 9.32 Å². The van der Waals surface area contributed by atoms with Crippen LogP contribution in [0.15, 0.2) is 63.9 Å². The Bertz CT molecular complexity index is 915. The van der Waals surface area contributed by atoms with Crippen LogP contribution in [-0.2, 0) is 17.9 Å². The zero-order valence-corrected chi connectivity index (χ0v) is 13.6. The van der Waals surface area contributed by atoms with E-state index in [0.29, 0.717) is 23.7 Å². The van der Waals surface area contributed by atoms with Gasteiger partial charge in [0.1, 0.15) is 12.3 Å². The van der Waals surface area contributed by atoms with Crippen LogP contribution >= 0.6 is 0 Å². The molecule has 25 heavy (non-hydrogen) atoms. The molecule has 7 heteroatoms. The van der Waals surface area contributed by atoms with Gasteiger partial charge in [-0.15, -0.1) is 0 Å². The summed E-state index contributed by atoms with van der Waals surface area (Å²) in [6.07, 6.45) is 0. The van der Waals surface area contributed by atoms with Gasteiger partial charge in [-0.2, -0.15) is 0 Å². The van der Waals surface area contributed by atoms with Gasteiger partial charge in [-0.05, 0) is 6.07 Å². The molecule has 0 fully saturated rings. The smallest absolute Gasteiger partial charge is 0.442 e. The number of methoxy groups -OCH3 is 1. The monoisotopic (exact) mass is 339 g/mol. The van der Waals surface area contributed by atoms with Gasteiger partial charge in [-0.25, -0.2) is 9.36 Å². The van der Waals surface area contributed by atoms with Crippen molar-refractivity contribution >= 4 is 5.91 Å². The number of nitrogens with one attached hydrogen (secondary N) is 1. The van der Waals surface area contributed by atoms with Crippen molar-refractivity contribution < 1.29 is 14.1 Å². The number of rotatable bonds is 6. The average molecular weight is 339 g/mol. The molecule has 3 aromatic rings. The molecule has 0 radical (unpaired) electrons. The molecule has 0 saturated heterocycles. The van der Waals surface area contributed by atoms with E-state index in [-0.39, 0.29) is 12.5 Å². The molecule has 0 aliphatic rings. The van der Waals surface area contributed by atoms with Crippen LogP contribution in [0.5, 0.6) is 5.75 Å². The topological polar surface area (TPSA) is 86.4 Å². The van der Waals surface area contributed by atoms with Gasteiger partial charge in [0.25, 0.3) is 0 Å². The van der Waals surface area contributed by atoms with Gasteiger partial charge >= 0.3 is 5.76 Å². The third kappa shape index (κ3) is 3.77. The Kier molecular flexibility index (Phi) is 4.94. The second-order valence-corrected chi connectivity index (χ2v) is 5.31. The van der Waals surface area contributed by atoms with Crippen molar-refractivity contribution in [1.29, 1.82) is 0 Å². The Hall–Kier alpha value is -3.35. The quantitative estimate of drug-likeness (QED) is 0.740. The summed E-state index contributed by atoms with van der Waals surface area (Å²) in [4.78, 5) is 24.1. The molecule has 0 spiro atoms. The summed E-state index contributed by atoms with van der Waals surface area (Å²) >= 11 is 0. The predicted octanol–water partition coefficient (Wildman–Crippen LogP) is 1.83. The average Bonchev–Trinajstić information content (AvgIpc) is 3.01. The van der Waals surface area contributed by atoms with E-state index in [1.54, 1.807) is 19.2 Å². The third-order valence-electron chi connectivity index (χ3n) is 3.69. The maximum absolute atomic E-state index is 12.2. The molecule has 7 nitrogen and oxygen atoms in total. The van der Waals surface area contributed by atoms with Crippen LogP contribution in [0.4, 0.5) is 0 Å². The summed E-state index contributed by atoms with van der Waals surface area (Å²) in [6.45, 7) is 0.116. The zero-order valence-electron chi connectivity index (χ0n) is 13.6. The Balaban J connectivity index is 1.72. The molecule has 0 aliphatic heterocycles. The summed E-state index contributed by atoms with van der Waals surface area (Å²) in [6, 6.07) is 16.5. The number of para-hydroxylation sites is 1. The largest absolute Gasteiger partial charge is 0.496 e. The zero-order chi connectivity index (χ0) is 17.6. The summed E-state index contributed by atoms with van der Waals surface area (Å²) in [5, 5.41) is 6.53. The first kappa shape index (κ1) is 16.5. The van der Waals surface area contributed by atoms with E-state index in [1.165, 1.54) is 4.57 Å². The van der Waals surface area contributed by atoms with E-state index >= 15 is 0 Å². The minimum absolute atomic E-state index is 0.179. The highest BCUT2D eigenvalue weighted by Crippen LogP contribution is 2.17. The number of hydrogen-bond donors (Lipinski definition) is 1. The number of ether oxygens (including phenoxy) is 1. The number of carbonyl (C=O) groups excluding carboxylic acids is 1. The van der Waals surface area contributed by atoms with Gasteiger partial charge in [0.05, 0.1) is 7.11 Å². The summed E-state index contributed by atoms with van der Waals surface area (Å²) in [5.74, 6) is 0.00708. The molecule has 0 bridgehead atoms. The number of amides is 1. The lowest BCUT2D eigenvalue weighted by Gasteiger charge is -2.10. The second kappa shape index (κ2) is 7.48. The molecule has 0 saturated carbocycles. The van der Waals surface area contributed by atoms with Gasteiger partial charge in [-0.1, -0.05) is 53.7 Å². The standard InChI is InChI=1S/C18H17N3O4/c1-24-15-10-6-5-9-14(15)11-19-16(22)12-21-17(20-25-18(21)23)13-7-3-2-4-8-13/h2-10H,11-12H2,1H3,(H,19,22). The van der Waals surface area contributed by atoms with E-state index in [0.717, 1.165) is 5.56 Å². The Morgan fingerprint density at radius 3 is 2.64 bits per heavy atom. The van der Waals surface area contributed by atoms with E-state index in [4.69, 9.17) is 9.26 Å². The van der Waals surface area contributed by atoms with Crippen molar-refractivity contribution in [2.24, 2.45) is 0 Å². The molecule has 0 unspecified atom stereocenters. The fourth-order valence-electron chi connectivity index (χ4n) is 2.44. The highest BCUT2D eigenvalue weighted by molar-refractivity contribution is 5.76. The first-order valence-corrected chi connectivity index (χ1v) is 7.69. The van der Waals surface area contributed by atoms with Crippen LogP contribution in [0.25, 0.3) is 11.4 Å².